The molecule has 2 rings (SSSR count). The first-order valence-corrected chi connectivity index (χ1v) is 8.45. The monoisotopic (exact) mass is 338 g/mol. The number of carbonyl (C=O) groups excluding carboxylic acids is 1. The number of nitrogens with zero attached hydrogens (tertiary/aromatic N) is 1. The van der Waals surface area contributed by atoms with Gasteiger partial charge >= 0.3 is 6.03 Å². The van der Waals surface area contributed by atoms with E-state index in [1.165, 1.54) is 13.2 Å². The maximum absolute atomic E-state index is 13.8. The van der Waals surface area contributed by atoms with Gasteiger partial charge in [-0.1, -0.05) is 18.9 Å². The van der Waals surface area contributed by atoms with Crippen molar-refractivity contribution in [1.82, 2.24) is 10.2 Å². The highest BCUT2D eigenvalue weighted by Crippen LogP contribution is 2.25. The zero-order chi connectivity index (χ0) is 17.7. The van der Waals surface area contributed by atoms with E-state index in [9.17, 15) is 14.3 Å². The summed E-state index contributed by atoms with van der Waals surface area (Å²) in [5.74, 6) is -0.140. The summed E-state index contributed by atoms with van der Waals surface area (Å²) < 4.78 is 18.7. The summed E-state index contributed by atoms with van der Waals surface area (Å²) in [5.41, 5.74) is 0.674. The number of hydrogen-bond acceptors (Lipinski definition) is 3. The Hall–Kier alpha value is -1.82. The van der Waals surface area contributed by atoms with Gasteiger partial charge in [0.25, 0.3) is 0 Å². The van der Waals surface area contributed by atoms with Crippen molar-refractivity contribution < 1.29 is 19.0 Å². The molecule has 1 aromatic carbocycles. The average molecular weight is 338 g/mol. The number of amides is 2. The molecule has 1 aromatic rings. The number of aliphatic hydroxyl groups excluding tert-OH is 1. The number of carbonyl (C=O) groups is 1. The molecule has 3 atom stereocenters. The number of nitrogens with one attached hydrogen (secondary N) is 1. The molecule has 0 saturated heterocycles. The third-order valence-corrected chi connectivity index (χ3v) is 4.74. The zero-order valence-corrected chi connectivity index (χ0v) is 14.6. The Labute approximate surface area is 142 Å². The van der Waals surface area contributed by atoms with Crippen molar-refractivity contribution in [3.05, 3.63) is 29.6 Å². The number of ether oxygens (including phenoxy) is 1. The van der Waals surface area contributed by atoms with Crippen LogP contribution in [0.15, 0.2) is 18.2 Å². The Balaban J connectivity index is 1.91. The van der Waals surface area contributed by atoms with Gasteiger partial charge in [0.05, 0.1) is 19.3 Å². The minimum absolute atomic E-state index is 0.128. The van der Waals surface area contributed by atoms with Crippen LogP contribution in [0.5, 0.6) is 5.75 Å². The van der Waals surface area contributed by atoms with Gasteiger partial charge in [0.2, 0.25) is 0 Å². The lowest BCUT2D eigenvalue weighted by atomic mass is 9.86. The van der Waals surface area contributed by atoms with Crippen LogP contribution in [0, 0.1) is 11.7 Å². The standard InChI is InChI=1S/C18H27FN2O3/c1-12(13-8-9-17(24-3)15(19)10-13)20-18(23)21(2)11-14-6-4-5-7-16(14)22/h8-10,12,14,16,22H,4-7,11H2,1-3H3,(H,20,23). The van der Waals surface area contributed by atoms with Crippen LogP contribution in [-0.4, -0.2) is 42.8 Å². The molecule has 1 fully saturated rings. The molecule has 3 unspecified atom stereocenters. The zero-order valence-electron chi connectivity index (χ0n) is 14.6. The van der Waals surface area contributed by atoms with Crippen LogP contribution in [-0.2, 0) is 0 Å². The number of hydrogen-bond donors (Lipinski definition) is 2. The van der Waals surface area contributed by atoms with Gasteiger partial charge in [-0.25, -0.2) is 9.18 Å². The molecule has 6 heteroatoms. The van der Waals surface area contributed by atoms with Crippen molar-refractivity contribution in [1.29, 1.82) is 0 Å². The van der Waals surface area contributed by atoms with E-state index in [2.05, 4.69) is 5.32 Å². The SMILES string of the molecule is COc1ccc(C(C)NC(=O)N(C)CC2CCCCC2O)cc1F. The van der Waals surface area contributed by atoms with E-state index in [1.807, 2.05) is 6.92 Å². The average Bonchev–Trinajstić information content (AvgIpc) is 2.56. The van der Waals surface area contributed by atoms with E-state index in [-0.39, 0.29) is 29.8 Å². The Kier molecular flexibility index (Phi) is 6.43. The van der Waals surface area contributed by atoms with Gasteiger partial charge in [-0.2, -0.15) is 0 Å². The number of urea groups is 1. The van der Waals surface area contributed by atoms with E-state index >= 15 is 0 Å². The first-order chi connectivity index (χ1) is 11.4. The van der Waals surface area contributed by atoms with Gasteiger partial charge in [0.1, 0.15) is 0 Å². The number of aliphatic hydroxyl groups is 1. The second-order valence-corrected chi connectivity index (χ2v) is 6.56. The summed E-state index contributed by atoms with van der Waals surface area (Å²) in [6.45, 7) is 2.33. The molecule has 1 aliphatic carbocycles. The lowest BCUT2D eigenvalue weighted by Crippen LogP contribution is -2.43. The number of rotatable bonds is 5. The minimum Gasteiger partial charge on any atom is -0.494 e. The van der Waals surface area contributed by atoms with Crippen LogP contribution < -0.4 is 10.1 Å². The third-order valence-electron chi connectivity index (χ3n) is 4.74. The third kappa shape index (κ3) is 4.60. The molecule has 5 nitrogen and oxygen atoms in total. The molecule has 1 saturated carbocycles. The van der Waals surface area contributed by atoms with Crippen molar-refractivity contribution in [2.45, 2.75) is 44.8 Å². The lowest BCUT2D eigenvalue weighted by Gasteiger charge is -2.31. The molecular weight excluding hydrogens is 311 g/mol. The van der Waals surface area contributed by atoms with E-state index in [0.717, 1.165) is 25.7 Å². The molecule has 2 amide bonds. The molecule has 1 aliphatic rings. The van der Waals surface area contributed by atoms with E-state index in [4.69, 9.17) is 4.74 Å². The summed E-state index contributed by atoms with van der Waals surface area (Å²) in [5, 5.41) is 12.9. The fourth-order valence-electron chi connectivity index (χ4n) is 3.17. The number of benzene rings is 1. The Morgan fingerprint density at radius 1 is 1.46 bits per heavy atom. The van der Waals surface area contributed by atoms with Gasteiger partial charge in [-0.3, -0.25) is 0 Å². The highest BCUT2D eigenvalue weighted by atomic mass is 19.1. The van der Waals surface area contributed by atoms with Crippen LogP contribution in [0.25, 0.3) is 0 Å². The predicted molar refractivity (Wildman–Crippen MR) is 90.5 cm³/mol. The first kappa shape index (κ1) is 18.5. The first-order valence-electron chi connectivity index (χ1n) is 8.45. The molecule has 0 radical (unpaired) electrons. The summed E-state index contributed by atoms with van der Waals surface area (Å²) in [4.78, 5) is 13.9. The Bertz CT molecular complexity index is 567. The topological polar surface area (TPSA) is 61.8 Å². The molecule has 2 N–H and O–H groups in total. The molecular formula is C18H27FN2O3. The van der Waals surface area contributed by atoms with Gasteiger partial charge < -0.3 is 20.1 Å². The van der Waals surface area contributed by atoms with Gasteiger partial charge in [-0.05, 0) is 37.5 Å². The number of halogens is 1. The summed E-state index contributed by atoms with van der Waals surface area (Å²) in [6.07, 6.45) is 3.56. The molecule has 0 aromatic heterocycles. The molecule has 134 valence electrons. The molecule has 0 heterocycles. The fourth-order valence-corrected chi connectivity index (χ4v) is 3.17. The van der Waals surface area contributed by atoms with E-state index in [0.29, 0.717) is 12.1 Å². The largest absolute Gasteiger partial charge is 0.494 e. The van der Waals surface area contributed by atoms with Gasteiger partial charge in [-0.15, -0.1) is 0 Å². The van der Waals surface area contributed by atoms with Crippen molar-refractivity contribution in [2.75, 3.05) is 20.7 Å². The highest BCUT2D eigenvalue weighted by Gasteiger charge is 2.26. The highest BCUT2D eigenvalue weighted by molar-refractivity contribution is 5.74. The smallest absolute Gasteiger partial charge is 0.317 e. The van der Waals surface area contributed by atoms with Crippen molar-refractivity contribution in [3.8, 4) is 5.75 Å². The van der Waals surface area contributed by atoms with E-state index < -0.39 is 5.82 Å². The van der Waals surface area contributed by atoms with Gasteiger partial charge in [0, 0.05) is 19.5 Å². The summed E-state index contributed by atoms with van der Waals surface area (Å²) >= 11 is 0. The number of methoxy groups -OCH3 is 1. The quantitative estimate of drug-likeness (QED) is 0.867. The van der Waals surface area contributed by atoms with Crippen molar-refractivity contribution in [3.63, 3.8) is 0 Å². The van der Waals surface area contributed by atoms with Crippen LogP contribution in [0.3, 0.4) is 0 Å². The normalized spacial score (nSPS) is 21.9. The van der Waals surface area contributed by atoms with Crippen LogP contribution in [0.4, 0.5) is 9.18 Å². The maximum Gasteiger partial charge on any atom is 0.317 e. The Morgan fingerprint density at radius 2 is 2.17 bits per heavy atom. The maximum atomic E-state index is 13.8. The van der Waals surface area contributed by atoms with E-state index in [1.54, 1.807) is 24.1 Å². The summed E-state index contributed by atoms with van der Waals surface area (Å²) in [7, 11) is 3.13. The summed E-state index contributed by atoms with van der Waals surface area (Å²) in [6, 6.07) is 4.11. The molecule has 0 spiro atoms. The van der Waals surface area contributed by atoms with Crippen LogP contribution in [0.2, 0.25) is 0 Å². The fraction of sp³-hybridized carbons (Fsp3) is 0.611. The molecule has 0 bridgehead atoms. The minimum atomic E-state index is -0.449. The molecule has 0 aliphatic heterocycles. The van der Waals surface area contributed by atoms with Crippen molar-refractivity contribution >= 4 is 6.03 Å². The van der Waals surface area contributed by atoms with Crippen molar-refractivity contribution in [2.24, 2.45) is 5.92 Å². The molecule has 24 heavy (non-hydrogen) atoms. The van der Waals surface area contributed by atoms with Gasteiger partial charge in [0.15, 0.2) is 11.6 Å². The second-order valence-electron chi connectivity index (χ2n) is 6.56. The van der Waals surface area contributed by atoms with Crippen LogP contribution >= 0.6 is 0 Å². The predicted octanol–water partition coefficient (Wildman–Crippen LogP) is 3.09. The Morgan fingerprint density at radius 3 is 2.79 bits per heavy atom. The second kappa shape index (κ2) is 8.33. The van der Waals surface area contributed by atoms with Crippen LogP contribution in [0.1, 0.15) is 44.2 Å². The lowest BCUT2D eigenvalue weighted by molar-refractivity contribution is 0.0563.